The molecule has 1 aromatic rings. The molecule has 1 atom stereocenters. The van der Waals surface area contributed by atoms with Gasteiger partial charge in [0.1, 0.15) is 0 Å². The van der Waals surface area contributed by atoms with Crippen molar-refractivity contribution in [2.45, 2.75) is 26.7 Å². The Kier molecular flexibility index (Phi) is 3.45. The summed E-state index contributed by atoms with van der Waals surface area (Å²) in [6.45, 7) is 4.94. The van der Waals surface area contributed by atoms with Gasteiger partial charge in [-0.2, -0.15) is 0 Å². The molecule has 0 aromatic heterocycles. The summed E-state index contributed by atoms with van der Waals surface area (Å²) in [4.78, 5) is 11.1. The molecule has 1 saturated carbocycles. The van der Waals surface area contributed by atoms with Crippen molar-refractivity contribution in [1.29, 1.82) is 0 Å². The van der Waals surface area contributed by atoms with Crippen LogP contribution in [0.5, 0.6) is 0 Å². The van der Waals surface area contributed by atoms with Gasteiger partial charge in [0.2, 0.25) is 0 Å². The number of anilines is 2. The van der Waals surface area contributed by atoms with Crippen LogP contribution in [0, 0.1) is 18.8 Å². The van der Waals surface area contributed by atoms with Gasteiger partial charge in [-0.05, 0) is 49.3 Å². The number of hydrogen-bond donors (Lipinski definition) is 3. The third-order valence-electron chi connectivity index (χ3n) is 3.67. The van der Waals surface area contributed by atoms with Crippen LogP contribution in [-0.4, -0.2) is 17.6 Å². The van der Waals surface area contributed by atoms with E-state index in [4.69, 9.17) is 10.8 Å². The van der Waals surface area contributed by atoms with E-state index in [1.807, 2.05) is 13.0 Å². The van der Waals surface area contributed by atoms with E-state index in [0.29, 0.717) is 11.6 Å². The molecule has 4 heteroatoms. The highest BCUT2D eigenvalue weighted by atomic mass is 16.4. The number of aryl methyl sites for hydroxylation is 1. The third kappa shape index (κ3) is 2.75. The second kappa shape index (κ2) is 4.88. The van der Waals surface area contributed by atoms with Gasteiger partial charge < -0.3 is 16.2 Å². The Morgan fingerprint density at radius 3 is 2.78 bits per heavy atom. The fraction of sp³-hybridized carbons (Fsp3) is 0.500. The van der Waals surface area contributed by atoms with Crippen LogP contribution in [0.3, 0.4) is 0 Å². The fourth-order valence-corrected chi connectivity index (χ4v) is 2.19. The van der Waals surface area contributed by atoms with Crippen molar-refractivity contribution >= 4 is 17.3 Å². The van der Waals surface area contributed by atoms with Gasteiger partial charge in [-0.1, -0.05) is 6.92 Å². The Hall–Kier alpha value is -1.71. The number of rotatable bonds is 5. The maximum absolute atomic E-state index is 11.1. The lowest BCUT2D eigenvalue weighted by atomic mass is 10.0. The lowest BCUT2D eigenvalue weighted by Gasteiger charge is -2.14. The Morgan fingerprint density at radius 1 is 1.56 bits per heavy atom. The molecule has 4 nitrogen and oxygen atoms in total. The number of benzene rings is 1. The van der Waals surface area contributed by atoms with E-state index in [0.717, 1.165) is 23.7 Å². The zero-order valence-corrected chi connectivity index (χ0v) is 10.9. The van der Waals surface area contributed by atoms with Crippen LogP contribution in [0.1, 0.15) is 35.7 Å². The van der Waals surface area contributed by atoms with Gasteiger partial charge in [-0.3, -0.25) is 0 Å². The molecular weight excluding hydrogens is 228 g/mol. The third-order valence-corrected chi connectivity index (χ3v) is 3.67. The average Bonchev–Trinajstić information content (AvgIpc) is 3.13. The minimum absolute atomic E-state index is 0.177. The van der Waals surface area contributed by atoms with Crippen LogP contribution in [0.25, 0.3) is 0 Å². The smallest absolute Gasteiger partial charge is 0.337 e. The van der Waals surface area contributed by atoms with Crippen molar-refractivity contribution in [1.82, 2.24) is 0 Å². The number of carbonyl (C=O) groups is 1. The fourth-order valence-electron chi connectivity index (χ4n) is 2.19. The first kappa shape index (κ1) is 12.7. The Bertz CT molecular complexity index is 467. The maximum atomic E-state index is 11.1. The van der Waals surface area contributed by atoms with Gasteiger partial charge in [0.25, 0.3) is 0 Å². The molecule has 1 aliphatic carbocycles. The highest BCUT2D eigenvalue weighted by molar-refractivity contribution is 5.95. The summed E-state index contributed by atoms with van der Waals surface area (Å²) in [7, 11) is 0. The molecule has 1 fully saturated rings. The molecule has 0 radical (unpaired) electrons. The van der Waals surface area contributed by atoms with Crippen LogP contribution in [0.15, 0.2) is 12.1 Å². The molecule has 98 valence electrons. The molecule has 2 rings (SSSR count). The van der Waals surface area contributed by atoms with Gasteiger partial charge >= 0.3 is 5.97 Å². The molecule has 0 amide bonds. The number of nitrogens with one attached hydrogen (secondary N) is 1. The van der Waals surface area contributed by atoms with Crippen LogP contribution in [0.4, 0.5) is 11.4 Å². The average molecular weight is 248 g/mol. The summed E-state index contributed by atoms with van der Waals surface area (Å²) < 4.78 is 0. The molecule has 18 heavy (non-hydrogen) atoms. The lowest BCUT2D eigenvalue weighted by molar-refractivity contribution is 0.0698. The quantitative estimate of drug-likeness (QED) is 0.700. The van der Waals surface area contributed by atoms with Crippen LogP contribution >= 0.6 is 0 Å². The van der Waals surface area contributed by atoms with Crippen LogP contribution in [-0.2, 0) is 0 Å². The van der Waals surface area contributed by atoms with Gasteiger partial charge in [-0.15, -0.1) is 0 Å². The predicted molar refractivity (Wildman–Crippen MR) is 72.9 cm³/mol. The summed E-state index contributed by atoms with van der Waals surface area (Å²) >= 11 is 0. The molecule has 0 saturated heterocycles. The van der Waals surface area contributed by atoms with Gasteiger partial charge in [-0.25, -0.2) is 4.79 Å². The number of aromatic carboxylic acids is 1. The van der Waals surface area contributed by atoms with E-state index in [9.17, 15) is 4.79 Å². The number of carboxylic acid groups (broad SMARTS) is 1. The second-order valence-corrected chi connectivity index (χ2v) is 5.26. The first-order valence-corrected chi connectivity index (χ1v) is 6.36. The standard InChI is InChI=1S/C14H20N2O2/c1-8-5-11(6-12(13(8)15)14(17)18)16-7-9(2)10-3-4-10/h5-6,9-10,16H,3-4,7,15H2,1-2H3,(H,17,18). The summed E-state index contributed by atoms with van der Waals surface area (Å²) in [6.07, 6.45) is 2.65. The van der Waals surface area contributed by atoms with E-state index in [-0.39, 0.29) is 5.56 Å². The second-order valence-electron chi connectivity index (χ2n) is 5.26. The molecule has 4 N–H and O–H groups in total. The predicted octanol–water partition coefficient (Wildman–Crippen LogP) is 2.73. The molecule has 1 unspecified atom stereocenters. The number of carboxylic acids is 1. The monoisotopic (exact) mass is 248 g/mol. The van der Waals surface area contributed by atoms with E-state index in [1.54, 1.807) is 6.07 Å². The topological polar surface area (TPSA) is 75.3 Å². The van der Waals surface area contributed by atoms with Crippen LogP contribution in [0.2, 0.25) is 0 Å². The van der Waals surface area contributed by atoms with Gasteiger partial charge in [0, 0.05) is 17.9 Å². The molecule has 1 aromatic carbocycles. The minimum Gasteiger partial charge on any atom is -0.478 e. The zero-order valence-electron chi connectivity index (χ0n) is 10.9. The first-order valence-electron chi connectivity index (χ1n) is 6.36. The first-order chi connectivity index (χ1) is 8.49. The van der Waals surface area contributed by atoms with E-state index in [2.05, 4.69) is 12.2 Å². The largest absolute Gasteiger partial charge is 0.478 e. The number of hydrogen-bond acceptors (Lipinski definition) is 3. The van der Waals surface area contributed by atoms with Crippen molar-refractivity contribution < 1.29 is 9.90 Å². The molecule has 0 heterocycles. The van der Waals surface area contributed by atoms with Crippen molar-refractivity contribution in [2.75, 3.05) is 17.6 Å². The summed E-state index contributed by atoms with van der Waals surface area (Å²) in [5.41, 5.74) is 7.93. The Balaban J connectivity index is 2.10. The Morgan fingerprint density at radius 2 is 2.22 bits per heavy atom. The SMILES string of the molecule is Cc1cc(NCC(C)C2CC2)cc(C(=O)O)c1N. The number of nitrogens with two attached hydrogens (primary N) is 1. The molecule has 1 aliphatic rings. The zero-order chi connectivity index (χ0) is 13.3. The van der Waals surface area contributed by atoms with Crippen molar-refractivity contribution in [3.05, 3.63) is 23.3 Å². The lowest BCUT2D eigenvalue weighted by Crippen LogP contribution is -2.14. The van der Waals surface area contributed by atoms with Gasteiger partial charge in [0.05, 0.1) is 5.56 Å². The Labute approximate surface area is 107 Å². The molecule has 0 aliphatic heterocycles. The summed E-state index contributed by atoms with van der Waals surface area (Å²) in [5, 5.41) is 12.4. The van der Waals surface area contributed by atoms with Crippen molar-refractivity contribution in [3.63, 3.8) is 0 Å². The van der Waals surface area contributed by atoms with E-state index >= 15 is 0 Å². The molecule has 0 spiro atoms. The minimum atomic E-state index is -0.977. The van der Waals surface area contributed by atoms with Crippen LogP contribution < -0.4 is 11.1 Å². The normalized spacial score (nSPS) is 16.3. The van der Waals surface area contributed by atoms with Gasteiger partial charge in [0.15, 0.2) is 0 Å². The summed E-state index contributed by atoms with van der Waals surface area (Å²) in [5.74, 6) is 0.497. The highest BCUT2D eigenvalue weighted by Gasteiger charge is 2.27. The highest BCUT2D eigenvalue weighted by Crippen LogP contribution is 2.36. The van der Waals surface area contributed by atoms with Crippen molar-refractivity contribution in [3.8, 4) is 0 Å². The molecular formula is C14H20N2O2. The van der Waals surface area contributed by atoms with Crippen molar-refractivity contribution in [2.24, 2.45) is 11.8 Å². The number of nitrogen functional groups attached to an aromatic ring is 1. The molecule has 0 bridgehead atoms. The summed E-state index contributed by atoms with van der Waals surface area (Å²) in [6, 6.07) is 3.52. The van der Waals surface area contributed by atoms with E-state index in [1.165, 1.54) is 12.8 Å². The van der Waals surface area contributed by atoms with E-state index < -0.39 is 5.97 Å². The maximum Gasteiger partial charge on any atom is 0.337 e.